The van der Waals surface area contributed by atoms with E-state index in [1.807, 2.05) is 13.8 Å². The molecule has 25 heavy (non-hydrogen) atoms. The second-order valence-corrected chi connectivity index (χ2v) is 7.42. The first-order valence-corrected chi connectivity index (χ1v) is 9.18. The van der Waals surface area contributed by atoms with E-state index in [9.17, 15) is 9.18 Å². The lowest BCUT2D eigenvalue weighted by atomic mass is 9.86. The fourth-order valence-electron chi connectivity index (χ4n) is 3.86. The molecule has 2 aliphatic rings. The van der Waals surface area contributed by atoms with Gasteiger partial charge in [0, 0.05) is 25.0 Å². The Labute approximate surface area is 148 Å². The lowest BCUT2D eigenvalue weighted by Crippen LogP contribution is -2.45. The molecular formula is C19H28FN3O2. The molecule has 1 aliphatic carbocycles. The van der Waals surface area contributed by atoms with Crippen LogP contribution in [0.15, 0.2) is 18.2 Å². The molecule has 3 N–H and O–H groups in total. The standard InChI is InChI=1S/C19H28FN3O2/c1-12-10-23(11-13(2)25-12)18-9-15(20)5-8-17(18)22-19(24)14-3-6-16(21)7-4-14/h5,8-9,12-14,16H,3-4,6-7,10-11,21H2,1-2H3,(H,22,24). The average Bonchev–Trinajstić information content (AvgIpc) is 2.56. The summed E-state index contributed by atoms with van der Waals surface area (Å²) in [6.07, 6.45) is 3.52. The molecule has 1 aliphatic heterocycles. The van der Waals surface area contributed by atoms with Crippen molar-refractivity contribution >= 4 is 17.3 Å². The number of nitrogens with zero attached hydrogens (tertiary/aromatic N) is 1. The third kappa shape index (κ3) is 4.50. The van der Waals surface area contributed by atoms with Crippen molar-refractivity contribution in [3.63, 3.8) is 0 Å². The van der Waals surface area contributed by atoms with Crippen molar-refractivity contribution in [2.45, 2.75) is 57.8 Å². The Morgan fingerprint density at radius 1 is 1.20 bits per heavy atom. The zero-order valence-corrected chi connectivity index (χ0v) is 15.0. The van der Waals surface area contributed by atoms with Gasteiger partial charge < -0.3 is 20.7 Å². The number of amides is 1. The number of rotatable bonds is 3. The number of ether oxygens (including phenoxy) is 1. The third-order valence-corrected chi connectivity index (χ3v) is 5.12. The van der Waals surface area contributed by atoms with Gasteiger partial charge in [0.05, 0.1) is 23.6 Å². The molecule has 2 unspecified atom stereocenters. The minimum Gasteiger partial charge on any atom is -0.372 e. The van der Waals surface area contributed by atoms with Crippen LogP contribution in [0.2, 0.25) is 0 Å². The summed E-state index contributed by atoms with van der Waals surface area (Å²) in [5, 5.41) is 3.02. The van der Waals surface area contributed by atoms with Crippen LogP contribution in [0.25, 0.3) is 0 Å². The maximum absolute atomic E-state index is 13.8. The van der Waals surface area contributed by atoms with Crippen LogP contribution in [0.4, 0.5) is 15.8 Å². The summed E-state index contributed by atoms with van der Waals surface area (Å²) < 4.78 is 19.6. The van der Waals surface area contributed by atoms with E-state index in [0.29, 0.717) is 18.8 Å². The second-order valence-electron chi connectivity index (χ2n) is 7.42. The molecule has 2 atom stereocenters. The van der Waals surface area contributed by atoms with Crippen molar-refractivity contribution in [3.8, 4) is 0 Å². The maximum Gasteiger partial charge on any atom is 0.227 e. The van der Waals surface area contributed by atoms with Gasteiger partial charge in [-0.3, -0.25) is 4.79 Å². The molecule has 1 aromatic rings. The highest BCUT2D eigenvalue weighted by atomic mass is 19.1. The average molecular weight is 349 g/mol. The van der Waals surface area contributed by atoms with E-state index in [1.54, 1.807) is 6.07 Å². The second kappa shape index (κ2) is 7.70. The highest BCUT2D eigenvalue weighted by Crippen LogP contribution is 2.31. The summed E-state index contributed by atoms with van der Waals surface area (Å²) in [6, 6.07) is 4.75. The third-order valence-electron chi connectivity index (χ3n) is 5.12. The first-order chi connectivity index (χ1) is 11.9. The predicted octanol–water partition coefficient (Wildman–Crippen LogP) is 2.90. The molecule has 0 radical (unpaired) electrons. The molecule has 1 saturated heterocycles. The molecular weight excluding hydrogens is 321 g/mol. The van der Waals surface area contributed by atoms with Gasteiger partial charge in [0.1, 0.15) is 5.82 Å². The lowest BCUT2D eigenvalue weighted by molar-refractivity contribution is -0.120. The van der Waals surface area contributed by atoms with Crippen LogP contribution < -0.4 is 16.0 Å². The van der Waals surface area contributed by atoms with Gasteiger partial charge in [-0.05, 0) is 57.7 Å². The van der Waals surface area contributed by atoms with Crippen LogP contribution in [0.1, 0.15) is 39.5 Å². The van der Waals surface area contributed by atoms with Crippen molar-refractivity contribution in [2.24, 2.45) is 11.7 Å². The lowest BCUT2D eigenvalue weighted by Gasteiger charge is -2.37. The van der Waals surface area contributed by atoms with E-state index in [1.165, 1.54) is 12.1 Å². The number of anilines is 2. The molecule has 1 heterocycles. The highest BCUT2D eigenvalue weighted by molar-refractivity contribution is 5.96. The fourth-order valence-corrected chi connectivity index (χ4v) is 3.86. The van der Waals surface area contributed by atoms with Gasteiger partial charge in [-0.1, -0.05) is 0 Å². The number of carbonyl (C=O) groups excluding carboxylic acids is 1. The number of carbonyl (C=O) groups is 1. The van der Waals surface area contributed by atoms with E-state index >= 15 is 0 Å². The first kappa shape index (κ1) is 18.1. The summed E-state index contributed by atoms with van der Waals surface area (Å²) in [5.41, 5.74) is 7.32. The van der Waals surface area contributed by atoms with Crippen molar-refractivity contribution in [3.05, 3.63) is 24.0 Å². The molecule has 0 spiro atoms. The molecule has 2 fully saturated rings. The molecule has 1 amide bonds. The summed E-state index contributed by atoms with van der Waals surface area (Å²) >= 11 is 0. The zero-order valence-electron chi connectivity index (χ0n) is 15.0. The molecule has 1 aromatic carbocycles. The number of benzene rings is 1. The van der Waals surface area contributed by atoms with E-state index in [0.717, 1.165) is 31.4 Å². The Bertz CT molecular complexity index is 607. The largest absolute Gasteiger partial charge is 0.372 e. The molecule has 6 heteroatoms. The van der Waals surface area contributed by atoms with E-state index in [2.05, 4.69) is 10.2 Å². The number of nitrogens with one attached hydrogen (secondary N) is 1. The predicted molar refractivity (Wildman–Crippen MR) is 97.2 cm³/mol. The molecule has 0 bridgehead atoms. The topological polar surface area (TPSA) is 67.6 Å². The van der Waals surface area contributed by atoms with Crippen LogP contribution in [0.5, 0.6) is 0 Å². The Morgan fingerprint density at radius 3 is 2.48 bits per heavy atom. The smallest absolute Gasteiger partial charge is 0.227 e. The van der Waals surface area contributed by atoms with Gasteiger partial charge in [-0.15, -0.1) is 0 Å². The number of hydrogen-bond acceptors (Lipinski definition) is 4. The molecule has 1 saturated carbocycles. The van der Waals surface area contributed by atoms with Gasteiger partial charge in [-0.2, -0.15) is 0 Å². The molecule has 0 aromatic heterocycles. The minimum absolute atomic E-state index is 0.00844. The summed E-state index contributed by atoms with van der Waals surface area (Å²) in [6.45, 7) is 5.36. The van der Waals surface area contributed by atoms with Gasteiger partial charge in [0.15, 0.2) is 0 Å². The summed E-state index contributed by atoms with van der Waals surface area (Å²) in [5.74, 6) is -0.308. The van der Waals surface area contributed by atoms with Crippen LogP contribution in [-0.4, -0.2) is 37.2 Å². The fraction of sp³-hybridized carbons (Fsp3) is 0.632. The first-order valence-electron chi connectivity index (χ1n) is 9.18. The van der Waals surface area contributed by atoms with Crippen molar-refractivity contribution in [1.29, 1.82) is 0 Å². The SMILES string of the molecule is CC1CN(c2cc(F)ccc2NC(=O)C2CCC(N)CC2)CC(C)O1. The van der Waals surface area contributed by atoms with Crippen molar-refractivity contribution in [1.82, 2.24) is 0 Å². The van der Waals surface area contributed by atoms with Gasteiger partial charge in [0.2, 0.25) is 5.91 Å². The number of morpholine rings is 1. The molecule has 138 valence electrons. The van der Waals surface area contributed by atoms with E-state index in [-0.39, 0.29) is 35.9 Å². The maximum atomic E-state index is 13.8. The Balaban J connectivity index is 1.76. The Kier molecular flexibility index (Phi) is 5.59. The number of nitrogens with two attached hydrogens (primary N) is 1. The van der Waals surface area contributed by atoms with Crippen molar-refractivity contribution in [2.75, 3.05) is 23.3 Å². The quantitative estimate of drug-likeness (QED) is 0.880. The van der Waals surface area contributed by atoms with Crippen LogP contribution >= 0.6 is 0 Å². The van der Waals surface area contributed by atoms with Crippen LogP contribution in [-0.2, 0) is 9.53 Å². The molecule has 3 rings (SSSR count). The van der Waals surface area contributed by atoms with Crippen LogP contribution in [0, 0.1) is 11.7 Å². The van der Waals surface area contributed by atoms with Crippen molar-refractivity contribution < 1.29 is 13.9 Å². The van der Waals surface area contributed by atoms with Gasteiger partial charge in [-0.25, -0.2) is 4.39 Å². The number of hydrogen-bond donors (Lipinski definition) is 2. The molecule has 5 nitrogen and oxygen atoms in total. The van der Waals surface area contributed by atoms with Crippen LogP contribution in [0.3, 0.4) is 0 Å². The summed E-state index contributed by atoms with van der Waals surface area (Å²) in [7, 11) is 0. The zero-order chi connectivity index (χ0) is 18.0. The van der Waals surface area contributed by atoms with Gasteiger partial charge >= 0.3 is 0 Å². The summed E-state index contributed by atoms with van der Waals surface area (Å²) in [4.78, 5) is 14.7. The van der Waals surface area contributed by atoms with E-state index < -0.39 is 0 Å². The minimum atomic E-state index is -0.302. The van der Waals surface area contributed by atoms with Gasteiger partial charge in [0.25, 0.3) is 0 Å². The number of halogens is 1. The van der Waals surface area contributed by atoms with E-state index in [4.69, 9.17) is 10.5 Å². The highest BCUT2D eigenvalue weighted by Gasteiger charge is 2.27. The Hall–Kier alpha value is -1.66. The Morgan fingerprint density at radius 2 is 1.84 bits per heavy atom. The normalized spacial score (nSPS) is 30.2. The monoisotopic (exact) mass is 349 g/mol.